The van der Waals surface area contributed by atoms with Gasteiger partial charge in [-0.2, -0.15) is 0 Å². The van der Waals surface area contributed by atoms with Gasteiger partial charge < -0.3 is 18.5 Å². The molecule has 1 saturated heterocycles. The summed E-state index contributed by atoms with van der Waals surface area (Å²) in [4.78, 5) is 14.6. The first-order chi connectivity index (χ1) is 11.6. The minimum atomic E-state index is -0.344. The van der Waals surface area contributed by atoms with Gasteiger partial charge in [-0.15, -0.1) is 10.2 Å². The zero-order valence-electron chi connectivity index (χ0n) is 13.8. The van der Waals surface area contributed by atoms with Gasteiger partial charge in [0.05, 0.1) is 19.4 Å². The fourth-order valence-corrected chi connectivity index (χ4v) is 3.13. The van der Waals surface area contributed by atoms with E-state index in [4.69, 9.17) is 13.6 Å². The molecule has 7 heteroatoms. The van der Waals surface area contributed by atoms with Gasteiger partial charge in [0.15, 0.2) is 6.10 Å². The summed E-state index contributed by atoms with van der Waals surface area (Å²) in [5, 5.41) is 8.12. The van der Waals surface area contributed by atoms with E-state index in [1.165, 1.54) is 0 Å². The van der Waals surface area contributed by atoms with Crippen LogP contribution in [-0.2, 0) is 9.53 Å². The van der Waals surface area contributed by atoms with E-state index < -0.39 is 0 Å². The van der Waals surface area contributed by atoms with Gasteiger partial charge in [0.25, 0.3) is 0 Å². The van der Waals surface area contributed by atoms with Crippen molar-refractivity contribution in [3.63, 3.8) is 0 Å². The molecule has 0 aromatic carbocycles. The van der Waals surface area contributed by atoms with Crippen LogP contribution in [0.1, 0.15) is 55.7 Å². The second kappa shape index (κ2) is 6.05. The third-order valence-electron chi connectivity index (χ3n) is 4.62. The van der Waals surface area contributed by atoms with Crippen LogP contribution in [0.2, 0.25) is 0 Å². The van der Waals surface area contributed by atoms with Crippen LogP contribution in [0.4, 0.5) is 0 Å². The molecule has 2 aromatic heterocycles. The molecule has 2 fully saturated rings. The number of aromatic nitrogens is 2. The summed E-state index contributed by atoms with van der Waals surface area (Å²) in [6.07, 6.45) is 2.16. The van der Waals surface area contributed by atoms with Crippen molar-refractivity contribution >= 4 is 5.91 Å². The lowest BCUT2D eigenvalue weighted by atomic mass is 10.2. The molecule has 0 radical (unpaired) electrons. The van der Waals surface area contributed by atoms with Crippen LogP contribution in [0.25, 0.3) is 0 Å². The number of furan rings is 1. The molecule has 1 amide bonds. The molecule has 3 unspecified atom stereocenters. The molecule has 2 aliphatic rings. The largest absolute Gasteiger partial charge is 0.469 e. The summed E-state index contributed by atoms with van der Waals surface area (Å²) >= 11 is 0. The van der Waals surface area contributed by atoms with E-state index in [2.05, 4.69) is 10.2 Å². The number of carbonyl (C=O) groups is 1. The number of ether oxygens (including phenoxy) is 1. The Bertz CT molecular complexity index is 709. The zero-order valence-corrected chi connectivity index (χ0v) is 13.8. The summed E-state index contributed by atoms with van der Waals surface area (Å²) in [6, 6.07) is 3.80. The fraction of sp³-hybridized carbons (Fsp3) is 0.588. The van der Waals surface area contributed by atoms with Crippen molar-refractivity contribution in [1.82, 2.24) is 15.1 Å². The van der Waals surface area contributed by atoms with Gasteiger partial charge in [-0.05, 0) is 18.6 Å². The summed E-state index contributed by atoms with van der Waals surface area (Å²) < 4.78 is 16.8. The Hall–Kier alpha value is -2.15. The Kier molecular flexibility index (Phi) is 3.88. The van der Waals surface area contributed by atoms with Crippen LogP contribution < -0.4 is 0 Å². The number of nitrogens with zero attached hydrogens (tertiary/aromatic N) is 3. The third kappa shape index (κ3) is 2.84. The minimum absolute atomic E-state index is 0.0174. The second-order valence-corrected chi connectivity index (χ2v) is 6.74. The molecule has 1 aliphatic heterocycles. The molecule has 24 heavy (non-hydrogen) atoms. The van der Waals surface area contributed by atoms with Crippen LogP contribution >= 0.6 is 0 Å². The van der Waals surface area contributed by atoms with E-state index >= 15 is 0 Å². The van der Waals surface area contributed by atoms with E-state index in [1.54, 1.807) is 6.26 Å². The van der Waals surface area contributed by atoms with Crippen molar-refractivity contribution in [2.75, 3.05) is 19.7 Å². The van der Waals surface area contributed by atoms with Gasteiger partial charge in [0, 0.05) is 24.3 Å². The quantitative estimate of drug-likeness (QED) is 0.856. The topological polar surface area (TPSA) is 81.6 Å². The van der Waals surface area contributed by atoms with Gasteiger partial charge in [-0.25, -0.2) is 0 Å². The van der Waals surface area contributed by atoms with Crippen molar-refractivity contribution in [2.45, 2.75) is 38.2 Å². The monoisotopic (exact) mass is 331 g/mol. The van der Waals surface area contributed by atoms with Crippen molar-refractivity contribution in [1.29, 1.82) is 0 Å². The highest BCUT2D eigenvalue weighted by atomic mass is 16.5. The molecule has 128 valence electrons. The van der Waals surface area contributed by atoms with Crippen LogP contribution in [0.15, 0.2) is 27.2 Å². The predicted octanol–water partition coefficient (Wildman–Crippen LogP) is 2.49. The SMILES string of the molecule is CC(C)c1nnc(C2CN(C(=O)C3CC3c3ccco3)CCO2)o1. The first kappa shape index (κ1) is 15.4. The molecule has 1 saturated carbocycles. The molecule has 7 nitrogen and oxygen atoms in total. The first-order valence-electron chi connectivity index (χ1n) is 8.40. The summed E-state index contributed by atoms with van der Waals surface area (Å²) in [5.41, 5.74) is 0. The molecular weight excluding hydrogens is 310 g/mol. The number of hydrogen-bond donors (Lipinski definition) is 0. The molecule has 0 bridgehead atoms. The molecule has 3 atom stereocenters. The van der Waals surface area contributed by atoms with Crippen LogP contribution in [0, 0.1) is 5.92 Å². The number of morpholine rings is 1. The normalized spacial score (nSPS) is 26.8. The zero-order chi connectivity index (χ0) is 16.7. The molecular formula is C17H21N3O4. The first-order valence-corrected chi connectivity index (χ1v) is 8.40. The maximum atomic E-state index is 12.7. The summed E-state index contributed by atoms with van der Waals surface area (Å²) in [5.74, 6) is 2.51. The van der Waals surface area contributed by atoms with Crippen molar-refractivity contribution < 1.29 is 18.4 Å². The van der Waals surface area contributed by atoms with Crippen molar-refractivity contribution in [3.8, 4) is 0 Å². The van der Waals surface area contributed by atoms with Crippen LogP contribution in [0.5, 0.6) is 0 Å². The highest BCUT2D eigenvalue weighted by molar-refractivity contribution is 5.83. The standard InChI is InChI=1S/C17H21N3O4/c1-10(2)15-18-19-16(24-15)14-9-20(5-7-23-14)17(21)12-8-11(12)13-4-3-6-22-13/h3-4,6,10-12,14H,5,7-9H2,1-2H3. The number of hydrogen-bond acceptors (Lipinski definition) is 6. The highest BCUT2D eigenvalue weighted by Gasteiger charge is 2.48. The van der Waals surface area contributed by atoms with Crippen molar-refractivity contribution in [3.05, 3.63) is 35.9 Å². The molecule has 4 rings (SSSR count). The number of carbonyl (C=O) groups excluding carboxylic acids is 1. The van der Waals surface area contributed by atoms with Gasteiger partial charge in [0.2, 0.25) is 17.7 Å². The Morgan fingerprint density at radius 2 is 2.25 bits per heavy atom. The van der Waals surface area contributed by atoms with E-state index in [1.807, 2.05) is 30.9 Å². The lowest BCUT2D eigenvalue weighted by Gasteiger charge is -2.31. The van der Waals surface area contributed by atoms with E-state index in [-0.39, 0.29) is 29.8 Å². The van der Waals surface area contributed by atoms with Gasteiger partial charge in [0.1, 0.15) is 5.76 Å². The summed E-state index contributed by atoms with van der Waals surface area (Å²) in [6.45, 7) is 5.53. The maximum absolute atomic E-state index is 12.7. The highest BCUT2D eigenvalue weighted by Crippen LogP contribution is 2.48. The lowest BCUT2D eigenvalue weighted by molar-refractivity contribution is -0.141. The Labute approximate surface area is 140 Å². The van der Waals surface area contributed by atoms with Crippen molar-refractivity contribution in [2.24, 2.45) is 5.92 Å². The third-order valence-corrected chi connectivity index (χ3v) is 4.62. The van der Waals surface area contributed by atoms with Crippen LogP contribution in [-0.4, -0.2) is 40.7 Å². The van der Waals surface area contributed by atoms with E-state index in [0.29, 0.717) is 31.5 Å². The molecule has 1 aliphatic carbocycles. The molecule has 0 spiro atoms. The maximum Gasteiger partial charge on any atom is 0.247 e. The van der Waals surface area contributed by atoms with Gasteiger partial charge in [-0.3, -0.25) is 4.79 Å². The molecule has 2 aromatic rings. The fourth-order valence-electron chi connectivity index (χ4n) is 3.13. The summed E-state index contributed by atoms with van der Waals surface area (Å²) in [7, 11) is 0. The lowest BCUT2D eigenvalue weighted by Crippen LogP contribution is -2.43. The van der Waals surface area contributed by atoms with E-state index in [9.17, 15) is 4.79 Å². The van der Waals surface area contributed by atoms with Gasteiger partial charge in [-0.1, -0.05) is 13.8 Å². The smallest absolute Gasteiger partial charge is 0.247 e. The van der Waals surface area contributed by atoms with E-state index in [0.717, 1.165) is 12.2 Å². The molecule has 0 N–H and O–H groups in total. The van der Waals surface area contributed by atoms with Gasteiger partial charge >= 0.3 is 0 Å². The Morgan fingerprint density at radius 1 is 1.38 bits per heavy atom. The Morgan fingerprint density at radius 3 is 2.96 bits per heavy atom. The number of rotatable bonds is 4. The number of amides is 1. The second-order valence-electron chi connectivity index (χ2n) is 6.74. The Balaban J connectivity index is 1.40. The van der Waals surface area contributed by atoms with Crippen LogP contribution in [0.3, 0.4) is 0 Å². The predicted molar refractivity (Wildman–Crippen MR) is 83.2 cm³/mol. The average Bonchev–Trinajstić information content (AvgIpc) is 3.03. The minimum Gasteiger partial charge on any atom is -0.469 e. The average molecular weight is 331 g/mol. The molecule has 3 heterocycles.